The Bertz CT molecular complexity index is 555. The quantitative estimate of drug-likeness (QED) is 0.707. The molecule has 2 aliphatic rings. The van der Waals surface area contributed by atoms with Crippen LogP contribution in [-0.4, -0.2) is 46.7 Å². The third kappa shape index (κ3) is 2.39. The second kappa shape index (κ2) is 5.27. The fourth-order valence-electron chi connectivity index (χ4n) is 2.33. The Labute approximate surface area is 119 Å². The molecule has 2 aliphatic heterocycles. The second-order valence-corrected chi connectivity index (χ2v) is 6.43. The Morgan fingerprint density at radius 1 is 1.50 bits per heavy atom. The van der Waals surface area contributed by atoms with E-state index in [9.17, 15) is 14.2 Å². The summed E-state index contributed by atoms with van der Waals surface area (Å²) in [5, 5.41) is 22.5. The molecule has 3 rings (SSSR count). The molecule has 1 fully saturated rings. The van der Waals surface area contributed by atoms with Crippen molar-refractivity contribution in [2.75, 3.05) is 13.1 Å². The van der Waals surface area contributed by atoms with Crippen molar-refractivity contribution in [3.8, 4) is 5.75 Å². The molecule has 1 atom stereocenters. The van der Waals surface area contributed by atoms with E-state index in [1.54, 1.807) is 11.8 Å². The number of benzene rings is 1. The van der Waals surface area contributed by atoms with Crippen LogP contribution in [-0.2, 0) is 6.42 Å². The molecule has 0 unspecified atom stereocenters. The lowest BCUT2D eigenvalue weighted by atomic mass is 9.77. The molecule has 0 amide bonds. The van der Waals surface area contributed by atoms with Gasteiger partial charge in [-0.2, -0.15) is 11.8 Å². The topological polar surface area (TPSA) is 78.8 Å². The zero-order valence-corrected chi connectivity index (χ0v) is 11.3. The molecule has 1 saturated heterocycles. The summed E-state index contributed by atoms with van der Waals surface area (Å²) >= 11 is 1.62. The number of carbonyl (C=O) groups is 1. The van der Waals surface area contributed by atoms with Gasteiger partial charge in [-0.25, -0.2) is 9.18 Å². The zero-order valence-electron chi connectivity index (χ0n) is 10.5. The number of carboxylic acids is 1. The molecule has 0 aromatic heterocycles. The van der Waals surface area contributed by atoms with Crippen LogP contribution < -0.4 is 9.97 Å². The number of rotatable bonds is 3. The van der Waals surface area contributed by atoms with Crippen molar-refractivity contribution in [1.29, 1.82) is 0 Å². The van der Waals surface area contributed by atoms with Crippen molar-refractivity contribution in [1.82, 2.24) is 5.32 Å². The van der Waals surface area contributed by atoms with Gasteiger partial charge in [-0.15, -0.1) is 0 Å². The van der Waals surface area contributed by atoms with Gasteiger partial charge in [0, 0.05) is 18.3 Å². The minimum atomic E-state index is -1.39. The Hall–Kier alpha value is -1.25. The van der Waals surface area contributed by atoms with Gasteiger partial charge in [-0.05, 0) is 18.1 Å². The predicted octanol–water partition coefficient (Wildman–Crippen LogP) is 0.552. The van der Waals surface area contributed by atoms with E-state index in [-0.39, 0.29) is 10.9 Å². The van der Waals surface area contributed by atoms with Crippen LogP contribution in [0.2, 0.25) is 0 Å². The number of nitrogens with one attached hydrogen (secondary N) is 1. The summed E-state index contributed by atoms with van der Waals surface area (Å²) in [6.07, 6.45) is 0.470. The van der Waals surface area contributed by atoms with Crippen molar-refractivity contribution < 1.29 is 24.0 Å². The number of hydrogen-bond acceptors (Lipinski definition) is 5. The van der Waals surface area contributed by atoms with E-state index < -0.39 is 24.5 Å². The molecule has 3 N–H and O–H groups in total. The fourth-order valence-corrected chi connectivity index (χ4v) is 3.72. The Morgan fingerprint density at radius 2 is 2.25 bits per heavy atom. The molecule has 20 heavy (non-hydrogen) atoms. The van der Waals surface area contributed by atoms with Crippen LogP contribution in [0.25, 0.3) is 0 Å². The number of fused-ring (bicyclic) bond motifs is 1. The molecule has 106 valence electrons. The lowest BCUT2D eigenvalue weighted by Gasteiger charge is -2.34. The molecule has 5 nitrogen and oxygen atoms in total. The highest BCUT2D eigenvalue weighted by Gasteiger charge is 2.40. The van der Waals surface area contributed by atoms with E-state index in [1.807, 2.05) is 0 Å². The summed E-state index contributed by atoms with van der Waals surface area (Å²) in [6, 6.07) is 2.66. The molecule has 2 heterocycles. The van der Waals surface area contributed by atoms with Gasteiger partial charge in [0.2, 0.25) is 0 Å². The van der Waals surface area contributed by atoms with Crippen LogP contribution in [0.1, 0.15) is 15.9 Å². The van der Waals surface area contributed by atoms with Crippen molar-refractivity contribution in [2.45, 2.75) is 16.8 Å². The number of halogens is 1. The molecular formula is C12H13BFNO4S. The molecule has 1 aromatic carbocycles. The lowest BCUT2D eigenvalue weighted by Crippen LogP contribution is -2.49. The van der Waals surface area contributed by atoms with Gasteiger partial charge in [0.15, 0.2) is 0 Å². The molecular weight excluding hydrogens is 284 g/mol. The number of carboxylic acid groups (broad SMARTS) is 1. The average Bonchev–Trinajstić information content (AvgIpc) is 2.33. The van der Waals surface area contributed by atoms with Crippen LogP contribution in [0.4, 0.5) is 4.39 Å². The van der Waals surface area contributed by atoms with Gasteiger partial charge in [-0.1, -0.05) is 6.07 Å². The molecule has 8 heteroatoms. The Morgan fingerprint density at radius 3 is 2.85 bits per heavy atom. The normalized spacial score (nSPS) is 21.9. The van der Waals surface area contributed by atoms with Crippen molar-refractivity contribution in [2.24, 2.45) is 0 Å². The van der Waals surface area contributed by atoms with E-state index in [0.29, 0.717) is 17.2 Å². The summed E-state index contributed by atoms with van der Waals surface area (Å²) in [5.41, 5.74) is 0.120. The second-order valence-electron chi connectivity index (χ2n) is 4.88. The number of aromatic carboxylic acids is 1. The van der Waals surface area contributed by atoms with Crippen molar-refractivity contribution in [3.05, 3.63) is 29.1 Å². The van der Waals surface area contributed by atoms with Crippen LogP contribution >= 0.6 is 11.8 Å². The van der Waals surface area contributed by atoms with Crippen molar-refractivity contribution >= 4 is 24.8 Å². The summed E-state index contributed by atoms with van der Waals surface area (Å²) < 4.78 is 18.9. The monoisotopic (exact) mass is 297 g/mol. The largest absolute Gasteiger partial charge is 0.536 e. The van der Waals surface area contributed by atoms with Crippen LogP contribution in [0.3, 0.4) is 0 Å². The third-order valence-corrected chi connectivity index (χ3v) is 4.96. The summed E-state index contributed by atoms with van der Waals surface area (Å²) in [5.74, 6) is -2.29. The molecule has 0 bridgehead atoms. The molecule has 0 saturated carbocycles. The highest BCUT2D eigenvalue weighted by atomic mass is 32.2. The maximum absolute atomic E-state index is 13.6. The number of hydrogen-bond donors (Lipinski definition) is 3. The molecule has 1 aromatic rings. The summed E-state index contributed by atoms with van der Waals surface area (Å²) in [6.45, 7) is 1.79. The Balaban J connectivity index is 1.87. The van der Waals surface area contributed by atoms with Gasteiger partial charge in [0.1, 0.15) is 17.1 Å². The molecule has 0 aliphatic carbocycles. The average molecular weight is 297 g/mol. The minimum Gasteiger partial charge on any atom is -0.535 e. The lowest BCUT2D eigenvalue weighted by molar-refractivity contribution is 0.0689. The van der Waals surface area contributed by atoms with E-state index in [0.717, 1.165) is 19.2 Å². The molecule has 0 radical (unpaired) electrons. The van der Waals surface area contributed by atoms with Gasteiger partial charge in [0.25, 0.3) is 0 Å². The highest BCUT2D eigenvalue weighted by molar-refractivity contribution is 8.02. The number of thioether (sulfide) groups is 1. The fraction of sp³-hybridized carbons (Fsp3) is 0.417. The minimum absolute atomic E-state index is 0.0476. The van der Waals surface area contributed by atoms with E-state index in [4.69, 9.17) is 9.76 Å². The van der Waals surface area contributed by atoms with Gasteiger partial charge in [0.05, 0.1) is 5.15 Å². The van der Waals surface area contributed by atoms with Crippen LogP contribution in [0.15, 0.2) is 12.1 Å². The first-order chi connectivity index (χ1) is 9.56. The van der Waals surface area contributed by atoms with E-state index in [1.165, 1.54) is 6.07 Å². The summed E-state index contributed by atoms with van der Waals surface area (Å²) in [4.78, 5) is 11.1. The zero-order chi connectivity index (χ0) is 14.3. The standard InChI is InChI=1S/C12H13BFNO4S/c14-8-2-1-6-3-9(20-7-4-15-5-7)13(18)19-11(6)10(8)12(16)17/h1-2,7,9,15,18H,3-5H2,(H,16,17)/t9-/m0/s1. The first-order valence-electron chi connectivity index (χ1n) is 6.32. The SMILES string of the molecule is O=C(O)c1c(F)ccc2c1OB(O)[C@@H](SC1CNC1)C2. The van der Waals surface area contributed by atoms with Gasteiger partial charge >= 0.3 is 13.1 Å². The predicted molar refractivity (Wildman–Crippen MR) is 73.7 cm³/mol. The van der Waals surface area contributed by atoms with E-state index >= 15 is 0 Å². The van der Waals surface area contributed by atoms with Crippen LogP contribution in [0.5, 0.6) is 5.75 Å². The first kappa shape index (κ1) is 13.7. The van der Waals surface area contributed by atoms with E-state index in [2.05, 4.69) is 5.32 Å². The highest BCUT2D eigenvalue weighted by Crippen LogP contribution is 2.36. The smallest absolute Gasteiger partial charge is 0.535 e. The van der Waals surface area contributed by atoms with Gasteiger partial charge < -0.3 is 20.1 Å². The maximum Gasteiger partial charge on any atom is 0.536 e. The van der Waals surface area contributed by atoms with Crippen LogP contribution in [0, 0.1) is 5.82 Å². The first-order valence-corrected chi connectivity index (χ1v) is 7.26. The third-order valence-electron chi connectivity index (χ3n) is 3.49. The Kier molecular flexibility index (Phi) is 3.62. The van der Waals surface area contributed by atoms with Gasteiger partial charge in [-0.3, -0.25) is 0 Å². The summed E-state index contributed by atoms with van der Waals surface area (Å²) in [7, 11) is -1.12. The maximum atomic E-state index is 13.6. The molecule has 0 spiro atoms. The van der Waals surface area contributed by atoms with Crippen molar-refractivity contribution in [3.63, 3.8) is 0 Å².